The number of nitrogens with zero attached hydrogens (tertiary/aromatic N) is 4. The van der Waals surface area contributed by atoms with Gasteiger partial charge in [-0.1, -0.05) is 6.42 Å². The first-order valence-electron chi connectivity index (χ1n) is 9.52. The molecule has 2 aromatic rings. The molecular weight excluding hydrogens is 348 g/mol. The number of rotatable bonds is 3. The molecule has 3 N–H and O–H groups in total. The maximum atomic E-state index is 12.7. The largest absolute Gasteiger partial charge is 0.351 e. The minimum Gasteiger partial charge on any atom is -0.351 e. The van der Waals surface area contributed by atoms with Gasteiger partial charge in [-0.05, 0) is 37.5 Å². The van der Waals surface area contributed by atoms with Crippen molar-refractivity contribution in [3.05, 3.63) is 27.2 Å². The first kappa shape index (κ1) is 18.0. The number of imidazole rings is 1. The van der Waals surface area contributed by atoms with Crippen LogP contribution in [0.15, 0.2) is 15.9 Å². The van der Waals surface area contributed by atoms with E-state index in [9.17, 15) is 14.4 Å². The summed E-state index contributed by atoms with van der Waals surface area (Å²) in [7, 11) is 2.99. The molecule has 146 valence electrons. The Balaban J connectivity index is 1.57. The summed E-state index contributed by atoms with van der Waals surface area (Å²) < 4.78 is 3.88. The predicted octanol–water partition coefficient (Wildman–Crippen LogP) is -0.544. The molecule has 27 heavy (non-hydrogen) atoms. The highest BCUT2D eigenvalue weighted by atomic mass is 16.2. The number of aryl methyl sites for hydroxylation is 1. The minimum atomic E-state index is -0.445. The summed E-state index contributed by atoms with van der Waals surface area (Å²) in [5.74, 6) is 0.733. The molecule has 2 fully saturated rings. The summed E-state index contributed by atoms with van der Waals surface area (Å²) in [6, 6.07) is 0.392. The summed E-state index contributed by atoms with van der Waals surface area (Å²) in [6.45, 7) is 0.00589. The zero-order valence-corrected chi connectivity index (χ0v) is 15.7. The smallest absolute Gasteiger partial charge is 0.332 e. The molecule has 2 heterocycles. The van der Waals surface area contributed by atoms with Gasteiger partial charge in [-0.25, -0.2) is 9.78 Å². The van der Waals surface area contributed by atoms with Crippen LogP contribution in [0, 0.1) is 11.8 Å². The normalized spacial score (nSPS) is 27.7. The van der Waals surface area contributed by atoms with Crippen molar-refractivity contribution in [2.45, 2.75) is 50.7 Å². The van der Waals surface area contributed by atoms with Crippen molar-refractivity contribution in [1.82, 2.24) is 24.0 Å². The molecule has 2 unspecified atom stereocenters. The number of nitrogens with one attached hydrogen (secondary N) is 1. The van der Waals surface area contributed by atoms with Gasteiger partial charge in [0.05, 0.1) is 6.33 Å². The molecule has 9 heteroatoms. The van der Waals surface area contributed by atoms with Gasteiger partial charge in [-0.15, -0.1) is 0 Å². The maximum absolute atomic E-state index is 12.7. The Morgan fingerprint density at radius 3 is 2.56 bits per heavy atom. The van der Waals surface area contributed by atoms with Crippen molar-refractivity contribution >= 4 is 17.1 Å². The van der Waals surface area contributed by atoms with Gasteiger partial charge in [-0.2, -0.15) is 0 Å². The lowest BCUT2D eigenvalue weighted by Gasteiger charge is -2.45. The minimum absolute atomic E-state index is 0.00589. The van der Waals surface area contributed by atoms with Gasteiger partial charge in [0, 0.05) is 26.2 Å². The molecule has 2 atom stereocenters. The van der Waals surface area contributed by atoms with Crippen molar-refractivity contribution in [2.75, 3.05) is 0 Å². The zero-order chi connectivity index (χ0) is 19.3. The molecule has 0 spiro atoms. The summed E-state index contributed by atoms with van der Waals surface area (Å²) in [5.41, 5.74) is 5.83. The van der Waals surface area contributed by atoms with Crippen LogP contribution in [-0.2, 0) is 25.4 Å². The number of hydrogen-bond donors (Lipinski definition) is 2. The molecule has 0 aromatic carbocycles. The van der Waals surface area contributed by atoms with Gasteiger partial charge in [0.25, 0.3) is 5.56 Å². The van der Waals surface area contributed by atoms with E-state index in [1.54, 1.807) is 7.05 Å². The molecule has 1 amide bonds. The zero-order valence-electron chi connectivity index (χ0n) is 15.7. The van der Waals surface area contributed by atoms with Gasteiger partial charge in [0.1, 0.15) is 6.54 Å². The standard InChI is InChI=1S/C18H26N6O3/c1-22-16-15(17(26)23(2)18(22)27)24(9-20-16)8-13(25)21-14-10-4-3-5-11(14)7-12(19)6-10/h9-12,14H,3-8,19H2,1-2H3,(H,21,25). The molecule has 2 aromatic heterocycles. The summed E-state index contributed by atoms with van der Waals surface area (Å²) >= 11 is 0. The first-order chi connectivity index (χ1) is 12.9. The van der Waals surface area contributed by atoms with Gasteiger partial charge in [-0.3, -0.25) is 18.7 Å². The fourth-order valence-electron chi connectivity index (χ4n) is 4.93. The van der Waals surface area contributed by atoms with Gasteiger partial charge in [0.15, 0.2) is 11.2 Å². The highest BCUT2D eigenvalue weighted by Gasteiger charge is 2.39. The second-order valence-corrected chi connectivity index (χ2v) is 8.03. The molecule has 9 nitrogen and oxygen atoms in total. The average molecular weight is 374 g/mol. The number of carbonyl (C=O) groups excluding carboxylic acids is 1. The van der Waals surface area contributed by atoms with Crippen LogP contribution in [0.1, 0.15) is 32.1 Å². The van der Waals surface area contributed by atoms with E-state index in [2.05, 4.69) is 10.3 Å². The Hall–Kier alpha value is -2.42. The third-order valence-electron chi connectivity index (χ3n) is 6.24. The third kappa shape index (κ3) is 2.99. The second-order valence-electron chi connectivity index (χ2n) is 8.03. The Labute approximate surface area is 156 Å². The van der Waals surface area contributed by atoms with Gasteiger partial charge in [0.2, 0.25) is 5.91 Å². The van der Waals surface area contributed by atoms with Crippen molar-refractivity contribution < 1.29 is 4.79 Å². The fraction of sp³-hybridized carbons (Fsp3) is 0.667. The van der Waals surface area contributed by atoms with Crippen molar-refractivity contribution in [2.24, 2.45) is 31.7 Å². The number of nitrogens with two attached hydrogens (primary N) is 1. The van der Waals surface area contributed by atoms with Crippen LogP contribution >= 0.6 is 0 Å². The second kappa shape index (κ2) is 6.63. The molecule has 0 aliphatic heterocycles. The van der Waals surface area contributed by atoms with Gasteiger partial charge >= 0.3 is 5.69 Å². The van der Waals surface area contributed by atoms with E-state index in [-0.39, 0.29) is 35.7 Å². The average Bonchev–Trinajstić information content (AvgIpc) is 3.02. The number of hydrogen-bond acceptors (Lipinski definition) is 5. The quantitative estimate of drug-likeness (QED) is 0.748. The van der Waals surface area contributed by atoms with E-state index < -0.39 is 11.2 Å². The molecule has 2 aliphatic rings. The number of carbonyl (C=O) groups is 1. The molecule has 4 rings (SSSR count). The molecule has 0 radical (unpaired) electrons. The highest BCUT2D eigenvalue weighted by Crippen LogP contribution is 2.39. The molecule has 2 saturated carbocycles. The molecular formula is C18H26N6O3. The number of aromatic nitrogens is 4. The van der Waals surface area contributed by atoms with Crippen LogP contribution in [0.4, 0.5) is 0 Å². The first-order valence-corrected chi connectivity index (χ1v) is 9.52. The lowest BCUT2D eigenvalue weighted by atomic mass is 9.67. The molecule has 2 bridgehead atoms. The van der Waals surface area contributed by atoms with Crippen LogP contribution in [-0.4, -0.2) is 36.7 Å². The summed E-state index contributed by atoms with van der Waals surface area (Å²) in [6.07, 6.45) is 6.77. The monoisotopic (exact) mass is 374 g/mol. The van der Waals surface area contributed by atoms with E-state index in [1.807, 2.05) is 0 Å². The van der Waals surface area contributed by atoms with Crippen LogP contribution in [0.5, 0.6) is 0 Å². The molecule has 2 aliphatic carbocycles. The van der Waals surface area contributed by atoms with Crippen molar-refractivity contribution in [3.8, 4) is 0 Å². The number of fused-ring (bicyclic) bond motifs is 3. The Morgan fingerprint density at radius 2 is 1.89 bits per heavy atom. The highest BCUT2D eigenvalue weighted by molar-refractivity contribution is 5.79. The van der Waals surface area contributed by atoms with E-state index in [0.717, 1.165) is 30.3 Å². The predicted molar refractivity (Wildman–Crippen MR) is 100 cm³/mol. The van der Waals surface area contributed by atoms with Crippen LogP contribution < -0.4 is 22.3 Å². The van der Waals surface area contributed by atoms with Gasteiger partial charge < -0.3 is 15.6 Å². The van der Waals surface area contributed by atoms with E-state index in [1.165, 1.54) is 28.9 Å². The van der Waals surface area contributed by atoms with E-state index in [0.29, 0.717) is 11.8 Å². The molecule has 0 saturated heterocycles. The summed E-state index contributed by atoms with van der Waals surface area (Å²) in [4.78, 5) is 41.4. The Morgan fingerprint density at radius 1 is 1.22 bits per heavy atom. The Kier molecular flexibility index (Phi) is 4.41. The third-order valence-corrected chi connectivity index (χ3v) is 6.24. The SMILES string of the molecule is Cn1c(=O)c2c(ncn2CC(=O)NC2C3CCCC2CC(N)C3)n(C)c1=O. The topological polar surface area (TPSA) is 117 Å². The van der Waals surface area contributed by atoms with Crippen molar-refractivity contribution in [1.29, 1.82) is 0 Å². The van der Waals surface area contributed by atoms with Crippen molar-refractivity contribution in [3.63, 3.8) is 0 Å². The lowest BCUT2D eigenvalue weighted by Crippen LogP contribution is -2.54. The van der Waals surface area contributed by atoms with Crippen LogP contribution in [0.3, 0.4) is 0 Å². The van der Waals surface area contributed by atoms with Crippen LogP contribution in [0.2, 0.25) is 0 Å². The fourth-order valence-corrected chi connectivity index (χ4v) is 4.93. The summed E-state index contributed by atoms with van der Waals surface area (Å²) in [5, 5.41) is 3.18. The maximum Gasteiger partial charge on any atom is 0.332 e. The lowest BCUT2D eigenvalue weighted by molar-refractivity contribution is -0.124. The Bertz CT molecular complexity index is 989. The van der Waals surface area contributed by atoms with E-state index >= 15 is 0 Å². The number of amides is 1. The van der Waals surface area contributed by atoms with Crippen LogP contribution in [0.25, 0.3) is 11.2 Å². The van der Waals surface area contributed by atoms with E-state index in [4.69, 9.17) is 5.73 Å².